The third-order valence-electron chi connectivity index (χ3n) is 3.88. The van der Waals surface area contributed by atoms with Crippen molar-refractivity contribution < 1.29 is 9.53 Å². The first-order valence-electron chi connectivity index (χ1n) is 9.18. The van der Waals surface area contributed by atoms with Gasteiger partial charge in [-0.05, 0) is 30.3 Å². The Balaban J connectivity index is 1.67. The van der Waals surface area contributed by atoms with Gasteiger partial charge < -0.3 is 10.1 Å². The molecule has 4 rings (SSSR count). The maximum atomic E-state index is 11.6. The molecule has 3 aromatic heterocycles. The van der Waals surface area contributed by atoms with E-state index in [9.17, 15) is 10.1 Å². The van der Waals surface area contributed by atoms with Crippen LogP contribution >= 0.6 is 0 Å². The summed E-state index contributed by atoms with van der Waals surface area (Å²) in [6, 6.07) is 10.2. The summed E-state index contributed by atoms with van der Waals surface area (Å²) in [5, 5.41) is 24.5. The monoisotopic (exact) mass is 426 g/mol. The molecule has 3 heterocycles. The molecule has 156 valence electrons. The molecule has 32 heavy (non-hydrogen) atoms. The van der Waals surface area contributed by atoms with Crippen molar-refractivity contribution in [2.45, 2.75) is 6.92 Å². The summed E-state index contributed by atoms with van der Waals surface area (Å²) in [7, 11) is 0. The highest BCUT2D eigenvalue weighted by molar-refractivity contribution is 5.91. The second kappa shape index (κ2) is 9.18. The van der Waals surface area contributed by atoms with E-state index in [0.29, 0.717) is 17.1 Å². The normalized spacial score (nSPS) is 10.6. The van der Waals surface area contributed by atoms with E-state index in [4.69, 9.17) is 4.74 Å². The van der Waals surface area contributed by atoms with Crippen LogP contribution in [0.15, 0.2) is 71.5 Å². The highest BCUT2D eigenvalue weighted by Gasteiger charge is 2.14. The van der Waals surface area contributed by atoms with Gasteiger partial charge in [0, 0.05) is 31.7 Å². The number of aromatic nitrogens is 6. The summed E-state index contributed by atoms with van der Waals surface area (Å²) < 4.78 is 6.95. The van der Waals surface area contributed by atoms with E-state index in [1.807, 2.05) is 6.07 Å². The van der Waals surface area contributed by atoms with Crippen LogP contribution in [0.3, 0.4) is 0 Å². The van der Waals surface area contributed by atoms with Crippen LogP contribution in [-0.4, -0.2) is 35.6 Å². The van der Waals surface area contributed by atoms with Crippen molar-refractivity contribution in [2.75, 3.05) is 5.32 Å². The van der Waals surface area contributed by atoms with Gasteiger partial charge in [-0.15, -0.1) is 10.2 Å². The van der Waals surface area contributed by atoms with Crippen LogP contribution in [0, 0.1) is 11.3 Å². The molecule has 0 atom stereocenters. The van der Waals surface area contributed by atoms with Gasteiger partial charge in [-0.1, -0.05) is 0 Å². The molecule has 0 aliphatic heterocycles. The number of carbonyl (C=O) groups excluding carboxylic acids is 1. The first kappa shape index (κ1) is 20.2. The summed E-state index contributed by atoms with van der Waals surface area (Å²) in [4.78, 5) is 27.9. The summed E-state index contributed by atoms with van der Waals surface area (Å²) in [5.41, 5.74) is 0.937. The topological polar surface area (TPSA) is 156 Å². The number of hydrogen-bond donors (Lipinski definition) is 1. The molecule has 0 saturated carbocycles. The van der Waals surface area contributed by atoms with Crippen LogP contribution in [0.1, 0.15) is 12.5 Å². The molecule has 4 aromatic rings. The number of carbonyl (C=O) groups is 1. The van der Waals surface area contributed by atoms with Crippen molar-refractivity contribution >= 4 is 23.1 Å². The molecule has 1 N–H and O–H groups in total. The van der Waals surface area contributed by atoms with Gasteiger partial charge in [-0.2, -0.15) is 15.0 Å². The number of anilines is 1. The Labute approximate surface area is 181 Å². The Morgan fingerprint density at radius 1 is 1.09 bits per heavy atom. The van der Waals surface area contributed by atoms with Gasteiger partial charge in [0.2, 0.25) is 5.91 Å². The van der Waals surface area contributed by atoms with E-state index >= 15 is 0 Å². The molecule has 12 nitrogen and oxygen atoms in total. The van der Waals surface area contributed by atoms with E-state index in [1.54, 1.807) is 42.7 Å². The van der Waals surface area contributed by atoms with E-state index in [0.717, 1.165) is 0 Å². The lowest BCUT2D eigenvalue weighted by atomic mass is 10.2. The van der Waals surface area contributed by atoms with Crippen LogP contribution < -0.4 is 10.1 Å². The molecule has 0 spiro atoms. The molecule has 12 heteroatoms. The predicted octanol–water partition coefficient (Wildman–Crippen LogP) is 3.49. The molecule has 1 amide bonds. The molecule has 1 aromatic carbocycles. The summed E-state index contributed by atoms with van der Waals surface area (Å²) in [6.07, 6.45) is 7.52. The number of amides is 1. The number of nitrogens with zero attached hydrogens (tertiary/aromatic N) is 9. The number of ether oxygens (including phenoxy) is 1. The van der Waals surface area contributed by atoms with Gasteiger partial charge in [0.05, 0.1) is 17.6 Å². The van der Waals surface area contributed by atoms with Crippen LogP contribution in [0.2, 0.25) is 0 Å². The van der Waals surface area contributed by atoms with E-state index in [2.05, 4.69) is 40.6 Å². The quantitative estimate of drug-likeness (QED) is 0.459. The smallest absolute Gasteiger partial charge is 0.321 e. The summed E-state index contributed by atoms with van der Waals surface area (Å²) in [5.74, 6) is 0.432. The number of rotatable bonds is 6. The molecular weight excluding hydrogens is 412 g/mol. The van der Waals surface area contributed by atoms with Crippen LogP contribution in [-0.2, 0) is 4.79 Å². The lowest BCUT2D eigenvalue weighted by Gasteiger charge is -2.10. The van der Waals surface area contributed by atoms with E-state index in [-0.39, 0.29) is 29.2 Å². The number of nitriles is 1. The van der Waals surface area contributed by atoms with Crippen LogP contribution in [0.25, 0.3) is 5.95 Å². The Hall–Kier alpha value is -5.05. The van der Waals surface area contributed by atoms with Gasteiger partial charge >= 0.3 is 6.01 Å². The molecule has 0 aliphatic carbocycles. The number of nitrogens with one attached hydrogen (secondary N) is 1. The Kier molecular flexibility index (Phi) is 5.80. The molecule has 0 saturated heterocycles. The molecular formula is C20H14N10O2. The standard InChI is InChI=1S/C20H14N10O2/c1-13(31)27-16-10-15(4-5-17(16)32-20-24-8-3-9-25-20)28-29-18-14(11-21)12-26-30(18)19-22-6-2-7-23-19/h2-10,12H,1H3,(H,27,31)/b29-28+. The maximum absolute atomic E-state index is 11.6. The number of hydrogen-bond acceptors (Lipinski definition) is 10. The second-order valence-electron chi connectivity index (χ2n) is 6.15. The van der Waals surface area contributed by atoms with Crippen LogP contribution in [0.5, 0.6) is 11.8 Å². The zero-order valence-corrected chi connectivity index (χ0v) is 16.6. The lowest BCUT2D eigenvalue weighted by molar-refractivity contribution is -0.114. The number of benzene rings is 1. The van der Waals surface area contributed by atoms with Crippen molar-refractivity contribution in [1.29, 1.82) is 5.26 Å². The molecule has 0 unspecified atom stereocenters. The van der Waals surface area contributed by atoms with Crippen molar-refractivity contribution in [1.82, 2.24) is 29.7 Å². The largest absolute Gasteiger partial charge is 0.422 e. The van der Waals surface area contributed by atoms with Gasteiger partial charge in [-0.25, -0.2) is 19.9 Å². The molecule has 0 bridgehead atoms. The molecule has 0 radical (unpaired) electrons. The Morgan fingerprint density at radius 3 is 2.50 bits per heavy atom. The first-order chi connectivity index (χ1) is 15.6. The molecule has 0 aliphatic rings. The predicted molar refractivity (Wildman–Crippen MR) is 111 cm³/mol. The number of azo groups is 1. The van der Waals surface area contributed by atoms with Crippen molar-refractivity contribution in [3.05, 3.63) is 66.9 Å². The van der Waals surface area contributed by atoms with Gasteiger partial charge in [-0.3, -0.25) is 4.79 Å². The second-order valence-corrected chi connectivity index (χ2v) is 6.15. The highest BCUT2D eigenvalue weighted by atomic mass is 16.5. The van der Waals surface area contributed by atoms with Crippen molar-refractivity contribution in [3.63, 3.8) is 0 Å². The minimum Gasteiger partial charge on any atom is -0.422 e. The van der Waals surface area contributed by atoms with Gasteiger partial charge in [0.15, 0.2) is 11.6 Å². The SMILES string of the molecule is CC(=O)Nc1cc(/N=N/c2c(C#N)cnn2-c2ncccn2)ccc1Oc1ncccn1. The lowest BCUT2D eigenvalue weighted by Crippen LogP contribution is -2.07. The zero-order chi connectivity index (χ0) is 22.3. The Morgan fingerprint density at radius 2 is 1.81 bits per heavy atom. The van der Waals surface area contributed by atoms with Crippen LogP contribution in [0.4, 0.5) is 17.2 Å². The van der Waals surface area contributed by atoms with Gasteiger partial charge in [0.25, 0.3) is 5.95 Å². The molecule has 0 fully saturated rings. The average Bonchev–Trinajstić information content (AvgIpc) is 3.23. The van der Waals surface area contributed by atoms with Crippen molar-refractivity contribution in [2.24, 2.45) is 10.2 Å². The van der Waals surface area contributed by atoms with E-state index < -0.39 is 0 Å². The van der Waals surface area contributed by atoms with E-state index in [1.165, 1.54) is 30.2 Å². The summed E-state index contributed by atoms with van der Waals surface area (Å²) >= 11 is 0. The zero-order valence-electron chi connectivity index (χ0n) is 16.6. The fourth-order valence-corrected chi connectivity index (χ4v) is 2.56. The fourth-order valence-electron chi connectivity index (χ4n) is 2.56. The third kappa shape index (κ3) is 4.57. The Bertz CT molecular complexity index is 1310. The minimum absolute atomic E-state index is 0.124. The summed E-state index contributed by atoms with van der Waals surface area (Å²) in [6.45, 7) is 1.37. The van der Waals surface area contributed by atoms with Gasteiger partial charge in [0.1, 0.15) is 11.6 Å². The van der Waals surface area contributed by atoms with Crippen molar-refractivity contribution in [3.8, 4) is 23.8 Å². The third-order valence-corrected chi connectivity index (χ3v) is 3.88. The first-order valence-corrected chi connectivity index (χ1v) is 9.18. The average molecular weight is 426 g/mol. The minimum atomic E-state index is -0.302. The highest BCUT2D eigenvalue weighted by Crippen LogP contribution is 2.33. The maximum Gasteiger partial charge on any atom is 0.321 e. The fraction of sp³-hybridized carbons (Fsp3) is 0.0500.